The molecule has 0 spiro atoms. The van der Waals surface area contributed by atoms with Crippen molar-refractivity contribution < 1.29 is 9.59 Å². The maximum absolute atomic E-state index is 12.0. The summed E-state index contributed by atoms with van der Waals surface area (Å²) in [5.74, 6) is 1.44. The predicted molar refractivity (Wildman–Crippen MR) is 94.9 cm³/mol. The highest BCUT2D eigenvalue weighted by atomic mass is 16.2. The van der Waals surface area contributed by atoms with E-state index in [0.717, 1.165) is 43.0 Å². The van der Waals surface area contributed by atoms with Crippen LogP contribution in [0.5, 0.6) is 0 Å². The van der Waals surface area contributed by atoms with Crippen LogP contribution >= 0.6 is 0 Å². The first-order valence-corrected chi connectivity index (χ1v) is 8.65. The lowest BCUT2D eigenvalue weighted by molar-refractivity contribution is -0.124. The molecule has 0 fully saturated rings. The summed E-state index contributed by atoms with van der Waals surface area (Å²) in [6, 6.07) is 6.96. The van der Waals surface area contributed by atoms with E-state index in [9.17, 15) is 9.59 Å². The molecule has 1 aliphatic rings. The van der Waals surface area contributed by atoms with Gasteiger partial charge in [-0.3, -0.25) is 9.59 Å². The SMILES string of the molecule is CC(=O)NC(C)C(=O)Nc1ccc(-c2nnc3n2CCCCC3)cc1. The molecular formula is C18H23N5O2. The molecule has 132 valence electrons. The highest BCUT2D eigenvalue weighted by molar-refractivity contribution is 5.96. The van der Waals surface area contributed by atoms with Crippen molar-refractivity contribution in [1.29, 1.82) is 0 Å². The molecule has 0 saturated heterocycles. The number of nitrogens with one attached hydrogen (secondary N) is 2. The minimum absolute atomic E-state index is 0.231. The lowest BCUT2D eigenvalue weighted by atomic mass is 10.2. The van der Waals surface area contributed by atoms with Crippen molar-refractivity contribution in [3.63, 3.8) is 0 Å². The fourth-order valence-electron chi connectivity index (χ4n) is 3.02. The number of amides is 2. The van der Waals surface area contributed by atoms with Gasteiger partial charge in [-0.1, -0.05) is 6.42 Å². The second-order valence-electron chi connectivity index (χ2n) is 6.39. The fraction of sp³-hybridized carbons (Fsp3) is 0.444. The maximum atomic E-state index is 12.0. The molecule has 0 saturated carbocycles. The van der Waals surface area contributed by atoms with Crippen LogP contribution < -0.4 is 10.6 Å². The topological polar surface area (TPSA) is 88.9 Å². The second-order valence-corrected chi connectivity index (χ2v) is 6.39. The summed E-state index contributed by atoms with van der Waals surface area (Å²) in [4.78, 5) is 23.1. The summed E-state index contributed by atoms with van der Waals surface area (Å²) in [5.41, 5.74) is 1.66. The van der Waals surface area contributed by atoms with Gasteiger partial charge in [0.2, 0.25) is 11.8 Å². The van der Waals surface area contributed by atoms with E-state index in [1.165, 1.54) is 13.3 Å². The summed E-state index contributed by atoms with van der Waals surface area (Å²) in [7, 11) is 0. The lowest BCUT2D eigenvalue weighted by Crippen LogP contribution is -2.40. The van der Waals surface area contributed by atoms with Gasteiger partial charge in [-0.05, 0) is 44.0 Å². The minimum atomic E-state index is -0.579. The Kier molecular flexibility index (Phi) is 5.11. The average molecular weight is 341 g/mol. The first-order chi connectivity index (χ1) is 12.0. The molecule has 25 heavy (non-hydrogen) atoms. The molecule has 1 aromatic carbocycles. The summed E-state index contributed by atoms with van der Waals surface area (Å²) < 4.78 is 2.19. The summed E-state index contributed by atoms with van der Waals surface area (Å²) in [6.45, 7) is 3.99. The molecule has 0 radical (unpaired) electrons. The van der Waals surface area contributed by atoms with E-state index in [0.29, 0.717) is 5.69 Å². The third-order valence-corrected chi connectivity index (χ3v) is 4.33. The van der Waals surface area contributed by atoms with Crippen molar-refractivity contribution in [2.45, 2.75) is 52.1 Å². The van der Waals surface area contributed by atoms with E-state index in [-0.39, 0.29) is 11.8 Å². The Morgan fingerprint density at radius 1 is 1.12 bits per heavy atom. The van der Waals surface area contributed by atoms with Gasteiger partial charge in [0.05, 0.1) is 0 Å². The number of aromatic nitrogens is 3. The highest BCUT2D eigenvalue weighted by Crippen LogP contribution is 2.24. The quantitative estimate of drug-likeness (QED) is 0.891. The highest BCUT2D eigenvalue weighted by Gasteiger charge is 2.17. The van der Waals surface area contributed by atoms with Gasteiger partial charge >= 0.3 is 0 Å². The summed E-state index contributed by atoms with van der Waals surface area (Å²) in [6.07, 6.45) is 4.51. The molecule has 2 heterocycles. The first-order valence-electron chi connectivity index (χ1n) is 8.65. The zero-order valence-electron chi connectivity index (χ0n) is 14.6. The molecule has 7 heteroatoms. The van der Waals surface area contributed by atoms with Crippen LogP contribution in [0.2, 0.25) is 0 Å². The van der Waals surface area contributed by atoms with E-state index in [1.54, 1.807) is 6.92 Å². The molecule has 1 aliphatic heterocycles. The van der Waals surface area contributed by atoms with Gasteiger partial charge in [0, 0.05) is 31.1 Å². The van der Waals surface area contributed by atoms with Crippen LogP contribution in [-0.2, 0) is 22.6 Å². The van der Waals surface area contributed by atoms with Gasteiger partial charge in [-0.15, -0.1) is 10.2 Å². The Bertz CT molecular complexity index is 766. The van der Waals surface area contributed by atoms with Gasteiger partial charge in [0.25, 0.3) is 0 Å². The smallest absolute Gasteiger partial charge is 0.246 e. The Morgan fingerprint density at radius 3 is 2.60 bits per heavy atom. The van der Waals surface area contributed by atoms with Crippen molar-refractivity contribution in [2.24, 2.45) is 0 Å². The number of anilines is 1. The van der Waals surface area contributed by atoms with Crippen LogP contribution in [0.1, 0.15) is 38.9 Å². The number of hydrogen-bond donors (Lipinski definition) is 2. The Labute approximate surface area is 146 Å². The number of nitrogens with zero attached hydrogens (tertiary/aromatic N) is 3. The van der Waals surface area contributed by atoms with Crippen molar-refractivity contribution in [3.8, 4) is 11.4 Å². The van der Waals surface area contributed by atoms with Gasteiger partial charge in [0.1, 0.15) is 11.9 Å². The molecule has 0 bridgehead atoms. The number of benzene rings is 1. The average Bonchev–Trinajstić information content (AvgIpc) is 2.83. The molecule has 3 rings (SSSR count). The molecule has 2 amide bonds. The first kappa shape index (κ1) is 17.1. The van der Waals surface area contributed by atoms with E-state index < -0.39 is 6.04 Å². The molecule has 7 nitrogen and oxygen atoms in total. The molecule has 1 unspecified atom stereocenters. The van der Waals surface area contributed by atoms with Crippen molar-refractivity contribution in [3.05, 3.63) is 30.1 Å². The van der Waals surface area contributed by atoms with Crippen molar-refractivity contribution in [1.82, 2.24) is 20.1 Å². The Hall–Kier alpha value is -2.70. The number of rotatable bonds is 4. The summed E-state index contributed by atoms with van der Waals surface area (Å²) in [5, 5.41) is 14.0. The number of hydrogen-bond acceptors (Lipinski definition) is 4. The third-order valence-electron chi connectivity index (χ3n) is 4.33. The molecule has 0 aliphatic carbocycles. The van der Waals surface area contributed by atoms with Gasteiger partial charge < -0.3 is 15.2 Å². The van der Waals surface area contributed by atoms with Gasteiger partial charge in [0.15, 0.2) is 5.82 Å². The van der Waals surface area contributed by atoms with Crippen LogP contribution in [0, 0.1) is 0 Å². The van der Waals surface area contributed by atoms with Crippen LogP contribution in [0.4, 0.5) is 5.69 Å². The van der Waals surface area contributed by atoms with Crippen LogP contribution in [0.25, 0.3) is 11.4 Å². The number of carbonyl (C=O) groups is 2. The predicted octanol–water partition coefficient (Wildman–Crippen LogP) is 2.13. The lowest BCUT2D eigenvalue weighted by Gasteiger charge is -2.13. The second kappa shape index (κ2) is 7.46. The number of carbonyl (C=O) groups excluding carboxylic acids is 2. The fourth-order valence-corrected chi connectivity index (χ4v) is 3.02. The Morgan fingerprint density at radius 2 is 1.88 bits per heavy atom. The molecule has 1 aromatic heterocycles. The standard InChI is InChI=1S/C18H23N5O2/c1-12(19-13(2)24)18(25)20-15-9-7-14(8-10-15)17-22-21-16-6-4-3-5-11-23(16)17/h7-10,12H,3-6,11H2,1-2H3,(H,19,24)(H,20,25). The Balaban J connectivity index is 1.72. The molecule has 1 atom stereocenters. The van der Waals surface area contributed by atoms with E-state index in [4.69, 9.17) is 0 Å². The monoisotopic (exact) mass is 341 g/mol. The van der Waals surface area contributed by atoms with Crippen molar-refractivity contribution >= 4 is 17.5 Å². The maximum Gasteiger partial charge on any atom is 0.246 e. The van der Waals surface area contributed by atoms with Gasteiger partial charge in [-0.25, -0.2) is 0 Å². The molecule has 2 aromatic rings. The molecule has 2 N–H and O–H groups in total. The van der Waals surface area contributed by atoms with Gasteiger partial charge in [-0.2, -0.15) is 0 Å². The van der Waals surface area contributed by atoms with Crippen LogP contribution in [0.3, 0.4) is 0 Å². The number of aryl methyl sites for hydroxylation is 1. The zero-order valence-corrected chi connectivity index (χ0v) is 14.6. The van der Waals surface area contributed by atoms with E-state index in [2.05, 4.69) is 25.4 Å². The number of fused-ring (bicyclic) bond motifs is 1. The largest absolute Gasteiger partial charge is 0.345 e. The van der Waals surface area contributed by atoms with E-state index >= 15 is 0 Å². The molecular weight excluding hydrogens is 318 g/mol. The zero-order chi connectivity index (χ0) is 17.8. The third kappa shape index (κ3) is 4.04. The van der Waals surface area contributed by atoms with Crippen molar-refractivity contribution in [2.75, 3.05) is 5.32 Å². The minimum Gasteiger partial charge on any atom is -0.345 e. The normalized spacial score (nSPS) is 15.0. The van der Waals surface area contributed by atoms with Crippen LogP contribution in [-0.4, -0.2) is 32.6 Å². The van der Waals surface area contributed by atoms with Crippen LogP contribution in [0.15, 0.2) is 24.3 Å². The summed E-state index contributed by atoms with van der Waals surface area (Å²) >= 11 is 0. The van der Waals surface area contributed by atoms with E-state index in [1.807, 2.05) is 24.3 Å².